The molecule has 2 rings (SSSR count). The Balaban J connectivity index is 0.00000242. The number of rotatable bonds is 5. The van der Waals surface area contributed by atoms with E-state index in [1.54, 1.807) is 14.2 Å². The molecule has 2 aromatic rings. The molecular weight excluding hydrogens is 290 g/mol. The van der Waals surface area contributed by atoms with Gasteiger partial charge in [-0.2, -0.15) is 0 Å². The third-order valence-corrected chi connectivity index (χ3v) is 4.37. The zero-order valence-corrected chi connectivity index (χ0v) is 13.7. The number of benzene rings is 2. The minimum atomic E-state index is 0. The Kier molecular flexibility index (Phi) is 7.17. The molecule has 0 bridgehead atoms. The topological polar surface area (TPSA) is 35.5 Å². The number of aryl methyl sites for hydroxylation is 2. The minimum absolute atomic E-state index is 0. The molecule has 3 nitrogen and oxygen atoms in total. The van der Waals surface area contributed by atoms with Crippen LogP contribution in [0.3, 0.4) is 0 Å². The quantitative estimate of drug-likeness (QED) is 0.629. The average Bonchev–Trinajstić information content (AvgIpc) is 2.47. The van der Waals surface area contributed by atoms with E-state index in [4.69, 9.17) is 9.47 Å². The summed E-state index contributed by atoms with van der Waals surface area (Å²) in [7, 11) is 3.21. The molecule has 1 atom stereocenters. The first-order valence-corrected chi connectivity index (χ1v) is 7.67. The van der Waals surface area contributed by atoms with Crippen LogP contribution in [0.5, 0.6) is 11.5 Å². The molecular formula is C17H20LiO3P. The third kappa shape index (κ3) is 3.93. The van der Waals surface area contributed by atoms with Crippen molar-refractivity contribution in [1.82, 2.24) is 0 Å². The van der Waals surface area contributed by atoms with Crippen LogP contribution >= 0.6 is 8.58 Å². The fraction of sp³-hybridized carbons (Fsp3) is 0.235. The second-order valence-electron chi connectivity index (χ2n) is 4.77. The van der Waals surface area contributed by atoms with E-state index in [1.165, 1.54) is 0 Å². The molecule has 1 unspecified atom stereocenters. The number of hydrogen-bond donors (Lipinski definition) is 0. The average molecular weight is 310 g/mol. The van der Waals surface area contributed by atoms with Crippen LogP contribution in [-0.4, -0.2) is 38.6 Å². The van der Waals surface area contributed by atoms with Gasteiger partial charge in [0.05, 0.1) is 14.2 Å². The van der Waals surface area contributed by atoms with Gasteiger partial charge in [0.15, 0.2) is 5.52 Å². The summed E-state index contributed by atoms with van der Waals surface area (Å²) in [6.45, 7) is 3.88. The van der Waals surface area contributed by atoms with Gasteiger partial charge in [-0.1, -0.05) is 30.3 Å². The van der Waals surface area contributed by atoms with E-state index in [9.17, 15) is 4.79 Å². The first-order valence-electron chi connectivity index (χ1n) is 6.67. The standard InChI is InChI=1S/C17H19O3P.Li.H/c1-11-10-12(2)16(20-4)14(15(11)19-3)17(18)21-13-8-6-5-7-9-13;;/h5-10,21H,1-4H3;;. The van der Waals surface area contributed by atoms with E-state index in [0.29, 0.717) is 17.1 Å². The fourth-order valence-electron chi connectivity index (χ4n) is 2.40. The number of carbonyl (C=O) groups is 1. The molecule has 0 N–H and O–H groups in total. The van der Waals surface area contributed by atoms with Crippen LogP contribution in [0.25, 0.3) is 0 Å². The van der Waals surface area contributed by atoms with Crippen LogP contribution in [-0.2, 0) is 0 Å². The predicted octanol–water partition coefficient (Wildman–Crippen LogP) is 2.82. The van der Waals surface area contributed by atoms with Gasteiger partial charge in [0.25, 0.3) is 0 Å². The van der Waals surface area contributed by atoms with Gasteiger partial charge in [-0.15, -0.1) is 0 Å². The van der Waals surface area contributed by atoms with Crippen LogP contribution in [0, 0.1) is 13.8 Å². The van der Waals surface area contributed by atoms with Crippen LogP contribution in [0.2, 0.25) is 0 Å². The Morgan fingerprint density at radius 3 is 1.91 bits per heavy atom. The van der Waals surface area contributed by atoms with Crippen molar-refractivity contribution in [3.63, 3.8) is 0 Å². The zero-order valence-electron chi connectivity index (χ0n) is 12.7. The normalized spacial score (nSPS) is 10.4. The summed E-state index contributed by atoms with van der Waals surface area (Å²) in [5.41, 5.74) is 2.45. The molecule has 0 amide bonds. The number of methoxy groups -OCH3 is 2. The molecule has 2 aromatic carbocycles. The summed E-state index contributed by atoms with van der Waals surface area (Å²) in [6, 6.07) is 11.7. The van der Waals surface area contributed by atoms with Gasteiger partial charge in [0, 0.05) is 0 Å². The molecule has 0 saturated heterocycles. The molecule has 0 heterocycles. The van der Waals surface area contributed by atoms with Crippen LogP contribution in [0.15, 0.2) is 36.4 Å². The first kappa shape index (κ1) is 18.8. The fourth-order valence-corrected chi connectivity index (χ4v) is 3.37. The Morgan fingerprint density at radius 2 is 1.45 bits per heavy atom. The summed E-state index contributed by atoms with van der Waals surface area (Å²) < 4.78 is 10.9. The number of ether oxygens (including phenoxy) is 2. The van der Waals surface area contributed by atoms with Crippen LogP contribution in [0.4, 0.5) is 0 Å². The van der Waals surface area contributed by atoms with E-state index < -0.39 is 0 Å². The summed E-state index contributed by atoms with van der Waals surface area (Å²) in [5, 5.41) is 1.01. The van der Waals surface area contributed by atoms with E-state index in [-0.39, 0.29) is 33.0 Å². The zero-order chi connectivity index (χ0) is 15.4. The van der Waals surface area contributed by atoms with Crippen molar-refractivity contribution in [1.29, 1.82) is 0 Å². The molecule has 112 valence electrons. The van der Waals surface area contributed by atoms with Crippen molar-refractivity contribution in [2.45, 2.75) is 13.8 Å². The van der Waals surface area contributed by atoms with Crippen molar-refractivity contribution in [3.8, 4) is 11.5 Å². The summed E-state index contributed by atoms with van der Waals surface area (Å²) in [4.78, 5) is 12.7. The molecule has 0 aliphatic heterocycles. The molecule has 0 spiro atoms. The Labute approximate surface area is 145 Å². The maximum atomic E-state index is 12.7. The molecule has 5 heteroatoms. The monoisotopic (exact) mass is 310 g/mol. The van der Waals surface area contributed by atoms with Gasteiger partial charge in [0.2, 0.25) is 0 Å². The molecule has 0 aliphatic rings. The molecule has 22 heavy (non-hydrogen) atoms. The Bertz CT molecular complexity index is 628. The van der Waals surface area contributed by atoms with Crippen molar-refractivity contribution in [2.75, 3.05) is 14.2 Å². The second kappa shape index (κ2) is 8.39. The van der Waals surface area contributed by atoms with E-state index in [1.807, 2.05) is 50.2 Å². The number of carbonyl (C=O) groups excluding carboxylic acids is 1. The summed E-state index contributed by atoms with van der Waals surface area (Å²) in [6.07, 6.45) is 0. The van der Waals surface area contributed by atoms with E-state index in [2.05, 4.69) is 0 Å². The molecule has 0 aliphatic carbocycles. The van der Waals surface area contributed by atoms with Crippen molar-refractivity contribution >= 4 is 38.3 Å². The van der Waals surface area contributed by atoms with Crippen LogP contribution < -0.4 is 14.8 Å². The Hall–Kier alpha value is -1.26. The second-order valence-corrected chi connectivity index (χ2v) is 6.05. The van der Waals surface area contributed by atoms with Crippen molar-refractivity contribution < 1.29 is 14.3 Å². The molecule has 0 fully saturated rings. The Morgan fingerprint density at radius 1 is 0.955 bits per heavy atom. The van der Waals surface area contributed by atoms with Crippen LogP contribution in [0.1, 0.15) is 21.5 Å². The van der Waals surface area contributed by atoms with Gasteiger partial charge >= 0.3 is 18.9 Å². The maximum absolute atomic E-state index is 12.7. The first-order chi connectivity index (χ1) is 10.1. The van der Waals surface area contributed by atoms with Crippen molar-refractivity contribution in [3.05, 3.63) is 53.1 Å². The van der Waals surface area contributed by atoms with Gasteiger partial charge in [0.1, 0.15) is 17.1 Å². The summed E-state index contributed by atoms with van der Waals surface area (Å²) >= 11 is 0. The van der Waals surface area contributed by atoms with E-state index in [0.717, 1.165) is 16.4 Å². The molecule has 0 saturated carbocycles. The molecule has 0 aromatic heterocycles. The number of hydrogen-bond acceptors (Lipinski definition) is 3. The third-order valence-electron chi connectivity index (χ3n) is 3.27. The van der Waals surface area contributed by atoms with Gasteiger partial charge < -0.3 is 9.47 Å². The predicted molar refractivity (Wildman–Crippen MR) is 94.9 cm³/mol. The van der Waals surface area contributed by atoms with Gasteiger partial charge in [-0.25, -0.2) is 0 Å². The van der Waals surface area contributed by atoms with Crippen molar-refractivity contribution in [2.24, 2.45) is 0 Å². The molecule has 0 radical (unpaired) electrons. The van der Waals surface area contributed by atoms with Gasteiger partial charge in [-0.05, 0) is 44.9 Å². The van der Waals surface area contributed by atoms with Gasteiger partial charge in [-0.3, -0.25) is 4.79 Å². The summed E-state index contributed by atoms with van der Waals surface area (Å²) in [5.74, 6) is 1.21. The van der Waals surface area contributed by atoms with E-state index >= 15 is 0 Å². The SMILES string of the molecule is COc1c(C)cc(C)c(OC)c1C(=O)Pc1ccccc1.[LiH].